The van der Waals surface area contributed by atoms with Crippen LogP contribution >= 0.6 is 0 Å². The van der Waals surface area contributed by atoms with E-state index in [-0.39, 0.29) is 4.65 Å². The van der Waals surface area contributed by atoms with Gasteiger partial charge in [-0.05, 0) is 6.58 Å². The summed E-state index contributed by atoms with van der Waals surface area (Å²) in [7, 11) is 0. The van der Waals surface area contributed by atoms with E-state index in [0.29, 0.717) is 13.2 Å². The molecule has 0 aromatic carbocycles. The molecule has 1 atom stereocenters. The average Bonchev–Trinajstić information content (AvgIpc) is 2.17. The van der Waals surface area contributed by atoms with E-state index in [1.807, 2.05) is 0 Å². The summed E-state index contributed by atoms with van der Waals surface area (Å²) in [6.07, 6.45) is 1.43. The largest absolute Gasteiger partial charge is 0.627 e. The third-order valence-corrected chi connectivity index (χ3v) is 1.38. The molecule has 3 nitrogen and oxygen atoms in total. The molecule has 8 heavy (non-hydrogen) atoms. The first-order valence-electron chi connectivity index (χ1n) is 2.69. The summed E-state index contributed by atoms with van der Waals surface area (Å²) in [6.45, 7) is 5.37. The number of nitrogens with one attached hydrogen (secondary N) is 1. The van der Waals surface area contributed by atoms with Crippen molar-refractivity contribution in [2.75, 3.05) is 19.8 Å². The Balaban J connectivity index is 2.52. The van der Waals surface area contributed by atoms with Crippen LogP contribution in [0.3, 0.4) is 0 Å². The minimum absolute atomic E-state index is 0.278. The Bertz CT molecular complexity index is 96.6. The average molecular weight is 114 g/mol. The number of hydroxylamine groups is 3. The summed E-state index contributed by atoms with van der Waals surface area (Å²) in [5.41, 5.74) is 0. The van der Waals surface area contributed by atoms with E-state index in [9.17, 15) is 5.21 Å². The highest BCUT2D eigenvalue weighted by atomic mass is 16.5. The van der Waals surface area contributed by atoms with Crippen LogP contribution in [-0.4, -0.2) is 24.4 Å². The number of quaternary nitrogens is 1. The molecular formula is C5H10N2O. The zero-order valence-electron chi connectivity index (χ0n) is 4.76. The van der Waals surface area contributed by atoms with Crippen LogP contribution in [0.5, 0.6) is 0 Å². The molecule has 1 N–H and O–H groups in total. The normalized spacial score (nSPS) is 37.6. The van der Waals surface area contributed by atoms with Gasteiger partial charge in [0.25, 0.3) is 0 Å². The molecule has 1 unspecified atom stereocenters. The third-order valence-electron chi connectivity index (χ3n) is 1.38. The van der Waals surface area contributed by atoms with Gasteiger partial charge in [-0.2, -0.15) is 0 Å². The molecule has 0 spiro atoms. The van der Waals surface area contributed by atoms with Gasteiger partial charge in [-0.25, -0.2) is 0 Å². The zero-order chi connectivity index (χ0) is 6.04. The van der Waals surface area contributed by atoms with Crippen LogP contribution in [0.4, 0.5) is 0 Å². The van der Waals surface area contributed by atoms with Crippen LogP contribution in [0.15, 0.2) is 12.8 Å². The molecule has 1 aliphatic rings. The summed E-state index contributed by atoms with van der Waals surface area (Å²) in [5.74, 6) is 0. The third kappa shape index (κ3) is 0.888. The van der Waals surface area contributed by atoms with Gasteiger partial charge in [-0.3, -0.25) is 5.32 Å². The Kier molecular flexibility index (Phi) is 1.33. The van der Waals surface area contributed by atoms with E-state index in [1.54, 1.807) is 0 Å². The van der Waals surface area contributed by atoms with Crippen molar-refractivity contribution in [3.05, 3.63) is 18.0 Å². The molecule has 0 saturated carbocycles. The van der Waals surface area contributed by atoms with Crippen molar-refractivity contribution in [1.29, 1.82) is 0 Å². The molecule has 1 fully saturated rings. The highest BCUT2D eigenvalue weighted by Gasteiger charge is 2.17. The van der Waals surface area contributed by atoms with Crippen molar-refractivity contribution in [2.45, 2.75) is 0 Å². The van der Waals surface area contributed by atoms with Gasteiger partial charge < -0.3 is 9.85 Å². The fraction of sp³-hybridized carbons (Fsp3) is 0.600. The predicted octanol–water partition coefficient (Wildman–Crippen LogP) is 0.00520. The molecule has 0 aromatic rings. The second-order valence-corrected chi connectivity index (χ2v) is 2.02. The Morgan fingerprint density at radius 1 is 1.75 bits per heavy atom. The first-order chi connectivity index (χ1) is 3.77. The van der Waals surface area contributed by atoms with Gasteiger partial charge in [0.15, 0.2) is 0 Å². The maximum absolute atomic E-state index is 11.0. The van der Waals surface area contributed by atoms with Gasteiger partial charge in [0.05, 0.1) is 19.3 Å². The minimum atomic E-state index is -0.278. The Labute approximate surface area is 48.8 Å². The number of hydrogen-bond donors (Lipinski definition) is 1. The summed E-state index contributed by atoms with van der Waals surface area (Å²) in [5, 5.41) is 14.0. The fourth-order valence-corrected chi connectivity index (χ4v) is 0.772. The maximum Gasteiger partial charge on any atom is 0.136 e. The van der Waals surface area contributed by atoms with E-state index < -0.39 is 0 Å². The summed E-state index contributed by atoms with van der Waals surface area (Å²) < 4.78 is -0.278. The van der Waals surface area contributed by atoms with Crippen molar-refractivity contribution in [2.24, 2.45) is 0 Å². The second kappa shape index (κ2) is 1.85. The van der Waals surface area contributed by atoms with Gasteiger partial charge >= 0.3 is 0 Å². The molecule has 1 heterocycles. The Morgan fingerprint density at radius 2 is 2.50 bits per heavy atom. The van der Waals surface area contributed by atoms with Crippen LogP contribution in [0, 0.1) is 5.21 Å². The van der Waals surface area contributed by atoms with Crippen LogP contribution in [0.2, 0.25) is 0 Å². The molecule has 3 heteroatoms. The van der Waals surface area contributed by atoms with Gasteiger partial charge in [-0.1, -0.05) is 0 Å². The van der Waals surface area contributed by atoms with Crippen LogP contribution in [0.1, 0.15) is 0 Å². The molecular weight excluding hydrogens is 104 g/mol. The molecule has 0 aliphatic carbocycles. The van der Waals surface area contributed by atoms with E-state index >= 15 is 0 Å². The van der Waals surface area contributed by atoms with Gasteiger partial charge in [0, 0.05) is 0 Å². The van der Waals surface area contributed by atoms with Crippen molar-refractivity contribution in [3.63, 3.8) is 0 Å². The Hall–Kier alpha value is -0.380. The molecule has 0 amide bonds. The summed E-state index contributed by atoms with van der Waals surface area (Å²) in [6, 6.07) is 0. The van der Waals surface area contributed by atoms with E-state index in [1.165, 1.54) is 6.20 Å². The standard InChI is InChI=1S/C5H10N2O/c1-2-7(8)4-3-6-5-7/h2,6H,1,3-5H2. The second-order valence-electron chi connectivity index (χ2n) is 2.02. The lowest BCUT2D eigenvalue weighted by Gasteiger charge is -2.31. The number of hydrogen-bond acceptors (Lipinski definition) is 2. The lowest BCUT2D eigenvalue weighted by molar-refractivity contribution is -0.815. The molecule has 1 saturated heterocycles. The molecule has 1 rings (SSSR count). The SMILES string of the molecule is C=C[N+]1([O-])CCNC1. The Morgan fingerprint density at radius 3 is 2.75 bits per heavy atom. The van der Waals surface area contributed by atoms with Crippen molar-refractivity contribution >= 4 is 0 Å². The molecule has 0 aromatic heterocycles. The van der Waals surface area contributed by atoms with Crippen molar-refractivity contribution in [3.8, 4) is 0 Å². The quantitative estimate of drug-likeness (QED) is 0.385. The van der Waals surface area contributed by atoms with E-state index in [2.05, 4.69) is 11.9 Å². The number of nitrogens with zero attached hydrogens (tertiary/aromatic N) is 1. The zero-order valence-corrected chi connectivity index (χ0v) is 4.76. The molecule has 0 bridgehead atoms. The highest BCUT2D eigenvalue weighted by molar-refractivity contribution is 4.63. The lowest BCUT2D eigenvalue weighted by Crippen LogP contribution is -2.33. The maximum atomic E-state index is 11.0. The first-order valence-corrected chi connectivity index (χ1v) is 2.69. The highest BCUT2D eigenvalue weighted by Crippen LogP contribution is 2.05. The van der Waals surface area contributed by atoms with E-state index in [4.69, 9.17) is 0 Å². The summed E-state index contributed by atoms with van der Waals surface area (Å²) in [4.78, 5) is 0. The minimum Gasteiger partial charge on any atom is -0.627 e. The van der Waals surface area contributed by atoms with Crippen molar-refractivity contribution < 1.29 is 4.65 Å². The monoisotopic (exact) mass is 114 g/mol. The first kappa shape index (κ1) is 5.75. The molecule has 1 aliphatic heterocycles. The van der Waals surface area contributed by atoms with E-state index in [0.717, 1.165) is 6.54 Å². The summed E-state index contributed by atoms with van der Waals surface area (Å²) >= 11 is 0. The van der Waals surface area contributed by atoms with Crippen molar-refractivity contribution in [1.82, 2.24) is 5.32 Å². The smallest absolute Gasteiger partial charge is 0.136 e. The van der Waals surface area contributed by atoms with Crippen LogP contribution < -0.4 is 5.32 Å². The molecule has 46 valence electrons. The number of rotatable bonds is 1. The topological polar surface area (TPSA) is 35.1 Å². The van der Waals surface area contributed by atoms with Gasteiger partial charge in [0.1, 0.15) is 6.67 Å². The van der Waals surface area contributed by atoms with Crippen LogP contribution in [-0.2, 0) is 0 Å². The van der Waals surface area contributed by atoms with Gasteiger partial charge in [0.2, 0.25) is 0 Å². The fourth-order valence-electron chi connectivity index (χ4n) is 0.772. The lowest BCUT2D eigenvalue weighted by atomic mass is 10.6. The van der Waals surface area contributed by atoms with Crippen LogP contribution in [0.25, 0.3) is 0 Å². The van der Waals surface area contributed by atoms with Gasteiger partial charge in [-0.15, -0.1) is 0 Å². The predicted molar refractivity (Wildman–Crippen MR) is 31.6 cm³/mol. The molecule has 0 radical (unpaired) electrons.